The van der Waals surface area contributed by atoms with E-state index in [0.29, 0.717) is 11.5 Å². The van der Waals surface area contributed by atoms with Gasteiger partial charge in [0.05, 0.1) is 11.0 Å². The number of carboxylic acids is 1. The number of aliphatic carboxylic acids is 1. The number of carbonyl (C=O) groups is 1. The minimum absolute atomic E-state index is 0.241. The van der Waals surface area contributed by atoms with E-state index < -0.39 is 40.3 Å². The van der Waals surface area contributed by atoms with Crippen LogP contribution in [0.25, 0.3) is 0 Å². The highest BCUT2D eigenvalue weighted by Gasteiger charge is 2.62. The van der Waals surface area contributed by atoms with Crippen LogP contribution in [-0.4, -0.2) is 59.0 Å². The Labute approximate surface area is 163 Å². The zero-order valence-electron chi connectivity index (χ0n) is 15.1. The molecule has 28 heavy (non-hydrogen) atoms. The van der Waals surface area contributed by atoms with Crippen LogP contribution in [0.3, 0.4) is 0 Å². The average Bonchev–Trinajstić information content (AvgIpc) is 3.03. The van der Waals surface area contributed by atoms with Crippen molar-refractivity contribution in [3.05, 3.63) is 54.6 Å². The standard InChI is InChI=1S/C18H20BNO7S/c1-19(24)20-12-13(21)11-18(20,17(22)23)28(25,26)16-9-7-15(8-10-16)27-14-5-3-2-4-6-14/h2-10,13,21,24H,11-12H2,1H3,(H,22,23)/t13-,18?/m1/s1. The molecule has 8 nitrogen and oxygen atoms in total. The Bertz CT molecular complexity index is 950. The highest BCUT2D eigenvalue weighted by atomic mass is 32.2. The number of para-hydroxylation sites is 1. The number of aliphatic hydroxyl groups is 1. The van der Waals surface area contributed by atoms with Gasteiger partial charge < -0.3 is 20.0 Å². The second-order valence-electron chi connectivity index (χ2n) is 6.62. The number of carboxylic acid groups (broad SMARTS) is 1. The third-order valence-electron chi connectivity index (χ3n) is 4.73. The maximum Gasteiger partial charge on any atom is 0.378 e. The maximum absolute atomic E-state index is 13.2. The van der Waals surface area contributed by atoms with E-state index in [1.165, 1.54) is 31.1 Å². The molecule has 0 amide bonds. The van der Waals surface area contributed by atoms with Crippen LogP contribution in [-0.2, 0) is 14.6 Å². The molecule has 0 aromatic heterocycles. The second kappa shape index (κ2) is 7.55. The van der Waals surface area contributed by atoms with Crippen molar-refractivity contribution < 1.29 is 33.2 Å². The molecule has 1 unspecified atom stereocenters. The third-order valence-corrected chi connectivity index (χ3v) is 7.08. The van der Waals surface area contributed by atoms with Crippen LogP contribution >= 0.6 is 0 Å². The van der Waals surface area contributed by atoms with Crippen molar-refractivity contribution in [2.75, 3.05) is 6.54 Å². The van der Waals surface area contributed by atoms with Gasteiger partial charge in [-0.3, -0.25) is 4.81 Å². The highest BCUT2D eigenvalue weighted by molar-refractivity contribution is 7.93. The Morgan fingerprint density at radius 3 is 2.25 bits per heavy atom. The lowest BCUT2D eigenvalue weighted by Gasteiger charge is -2.34. The van der Waals surface area contributed by atoms with E-state index in [0.717, 1.165) is 4.81 Å². The summed E-state index contributed by atoms with van der Waals surface area (Å²) in [5.41, 5.74) is 0. The Morgan fingerprint density at radius 1 is 1.14 bits per heavy atom. The predicted octanol–water partition coefficient (Wildman–Crippen LogP) is 1.21. The van der Waals surface area contributed by atoms with Crippen LogP contribution in [0.5, 0.6) is 11.5 Å². The molecule has 0 saturated carbocycles. The molecule has 1 saturated heterocycles. The van der Waals surface area contributed by atoms with Gasteiger partial charge in [-0.25, -0.2) is 13.2 Å². The lowest BCUT2D eigenvalue weighted by Crippen LogP contribution is -2.60. The molecular formula is C18H20BNO7S. The Balaban J connectivity index is 1.97. The number of aliphatic hydroxyl groups excluding tert-OH is 1. The number of β-amino-alcohol motifs (C(OH)–C–C–N with tert-alkyl or cyclic N) is 1. The summed E-state index contributed by atoms with van der Waals surface area (Å²) >= 11 is 0. The van der Waals surface area contributed by atoms with Gasteiger partial charge in [0.25, 0.3) is 0 Å². The molecule has 0 aliphatic carbocycles. The highest BCUT2D eigenvalue weighted by Crippen LogP contribution is 2.40. The molecule has 10 heteroatoms. The number of benzene rings is 2. The zero-order chi connectivity index (χ0) is 20.5. The lowest BCUT2D eigenvalue weighted by molar-refractivity contribution is -0.143. The van der Waals surface area contributed by atoms with Crippen molar-refractivity contribution in [3.8, 4) is 11.5 Å². The van der Waals surface area contributed by atoms with Gasteiger partial charge in [-0.15, -0.1) is 0 Å². The number of hydrogen-bond acceptors (Lipinski definition) is 7. The van der Waals surface area contributed by atoms with Crippen molar-refractivity contribution in [3.63, 3.8) is 0 Å². The molecule has 0 spiro atoms. The van der Waals surface area contributed by atoms with Crippen molar-refractivity contribution in [2.24, 2.45) is 0 Å². The van der Waals surface area contributed by atoms with E-state index in [1.54, 1.807) is 24.3 Å². The fraction of sp³-hybridized carbons (Fsp3) is 0.278. The maximum atomic E-state index is 13.2. The first kappa shape index (κ1) is 20.3. The normalized spacial score (nSPS) is 22.8. The van der Waals surface area contributed by atoms with Crippen LogP contribution in [0.4, 0.5) is 0 Å². The summed E-state index contributed by atoms with van der Waals surface area (Å²) in [6.07, 6.45) is -1.74. The van der Waals surface area contributed by atoms with Crippen LogP contribution in [0.2, 0.25) is 6.82 Å². The molecule has 1 aliphatic heterocycles. The van der Waals surface area contributed by atoms with Crippen molar-refractivity contribution in [2.45, 2.75) is 29.1 Å². The summed E-state index contributed by atoms with van der Waals surface area (Å²) in [4.78, 5) is 10.2. The molecule has 1 heterocycles. The molecule has 3 rings (SSSR count). The number of rotatable bonds is 6. The number of nitrogens with zero attached hydrogens (tertiary/aromatic N) is 1. The Hall–Kier alpha value is -2.40. The number of ether oxygens (including phenoxy) is 1. The molecule has 1 fully saturated rings. The summed E-state index contributed by atoms with van der Waals surface area (Å²) in [6.45, 7) is 1.00. The van der Waals surface area contributed by atoms with Gasteiger partial charge in [-0.2, -0.15) is 0 Å². The minimum atomic E-state index is -4.47. The fourth-order valence-electron chi connectivity index (χ4n) is 3.43. The van der Waals surface area contributed by atoms with Gasteiger partial charge in [0, 0.05) is 13.0 Å². The summed E-state index contributed by atoms with van der Waals surface area (Å²) < 4.78 is 32.1. The SMILES string of the molecule is CB(O)N1C[C@H](O)CC1(C(=O)O)S(=O)(=O)c1ccc(Oc2ccccc2)cc1. The quantitative estimate of drug-likeness (QED) is 0.613. The van der Waals surface area contributed by atoms with Gasteiger partial charge in [0.2, 0.25) is 14.7 Å². The number of sulfone groups is 1. The monoisotopic (exact) mass is 405 g/mol. The predicted molar refractivity (Wildman–Crippen MR) is 102 cm³/mol. The van der Waals surface area contributed by atoms with Crippen LogP contribution in [0, 0.1) is 0 Å². The van der Waals surface area contributed by atoms with Gasteiger partial charge in [-0.05, 0) is 43.2 Å². The van der Waals surface area contributed by atoms with Crippen LogP contribution in [0.1, 0.15) is 6.42 Å². The molecular weight excluding hydrogens is 385 g/mol. The Kier molecular flexibility index (Phi) is 5.49. The smallest absolute Gasteiger partial charge is 0.378 e. The molecule has 148 valence electrons. The molecule has 3 N–H and O–H groups in total. The van der Waals surface area contributed by atoms with Gasteiger partial charge >= 0.3 is 13.0 Å². The molecule has 0 radical (unpaired) electrons. The first-order chi connectivity index (χ1) is 13.2. The summed E-state index contributed by atoms with van der Waals surface area (Å²) in [5, 5.41) is 29.7. The van der Waals surface area contributed by atoms with Gasteiger partial charge in [-0.1, -0.05) is 18.2 Å². The summed E-state index contributed by atoms with van der Waals surface area (Å²) in [6, 6.07) is 14.3. The first-order valence-electron chi connectivity index (χ1n) is 8.62. The summed E-state index contributed by atoms with van der Waals surface area (Å²) in [5.74, 6) is -0.692. The van der Waals surface area contributed by atoms with Crippen molar-refractivity contribution in [1.29, 1.82) is 0 Å². The van der Waals surface area contributed by atoms with E-state index in [-0.39, 0.29) is 11.4 Å². The molecule has 2 atom stereocenters. The van der Waals surface area contributed by atoms with E-state index in [1.807, 2.05) is 6.07 Å². The van der Waals surface area contributed by atoms with E-state index in [9.17, 15) is 28.4 Å². The lowest BCUT2D eigenvalue weighted by atomic mass is 9.84. The largest absolute Gasteiger partial charge is 0.479 e. The van der Waals surface area contributed by atoms with Crippen LogP contribution in [0.15, 0.2) is 59.5 Å². The van der Waals surface area contributed by atoms with E-state index in [2.05, 4.69) is 0 Å². The third kappa shape index (κ3) is 3.40. The topological polar surface area (TPSA) is 124 Å². The Morgan fingerprint density at radius 2 is 1.71 bits per heavy atom. The molecule has 2 aromatic carbocycles. The summed E-state index contributed by atoms with van der Waals surface area (Å²) in [7, 11) is -5.84. The van der Waals surface area contributed by atoms with Gasteiger partial charge in [0.15, 0.2) is 0 Å². The zero-order valence-corrected chi connectivity index (χ0v) is 15.9. The van der Waals surface area contributed by atoms with Crippen molar-refractivity contribution in [1.82, 2.24) is 4.81 Å². The minimum Gasteiger partial charge on any atom is -0.479 e. The van der Waals surface area contributed by atoms with Gasteiger partial charge in [0.1, 0.15) is 11.5 Å². The van der Waals surface area contributed by atoms with Crippen LogP contribution < -0.4 is 4.74 Å². The van der Waals surface area contributed by atoms with Crippen molar-refractivity contribution >= 4 is 22.9 Å². The molecule has 2 aromatic rings. The van der Waals surface area contributed by atoms with E-state index in [4.69, 9.17) is 4.74 Å². The fourth-order valence-corrected chi connectivity index (χ4v) is 5.49. The second-order valence-corrected chi connectivity index (χ2v) is 8.78. The average molecular weight is 405 g/mol. The first-order valence-corrected chi connectivity index (χ1v) is 10.1. The van der Waals surface area contributed by atoms with E-state index >= 15 is 0 Å². The number of hydrogen-bond donors (Lipinski definition) is 3. The molecule has 0 bridgehead atoms. The molecule has 1 aliphatic rings.